The average Bonchev–Trinajstić information content (AvgIpc) is 3.19. The molecule has 24 heavy (non-hydrogen) atoms. The fraction of sp³-hybridized carbons (Fsp3) is 0.412. The summed E-state index contributed by atoms with van der Waals surface area (Å²) in [5, 5.41) is 8.45. The molecule has 0 aliphatic carbocycles. The zero-order valence-corrected chi connectivity index (χ0v) is 16.2. The monoisotopic (exact) mass is 409 g/mol. The normalized spacial score (nSPS) is 18.2. The van der Waals surface area contributed by atoms with Gasteiger partial charge in [-0.15, -0.1) is 0 Å². The van der Waals surface area contributed by atoms with Gasteiger partial charge in [-0.2, -0.15) is 5.10 Å². The van der Waals surface area contributed by atoms with Gasteiger partial charge in [-0.05, 0) is 29.7 Å². The molecule has 128 valence electrons. The highest BCUT2D eigenvalue weighted by molar-refractivity contribution is 9.10. The summed E-state index contributed by atoms with van der Waals surface area (Å²) >= 11 is 9.72. The second-order valence-corrected chi connectivity index (χ2v) is 7.34. The summed E-state index contributed by atoms with van der Waals surface area (Å²) < 4.78 is 2.85. The first kappa shape index (κ1) is 17.3. The second kappa shape index (κ2) is 7.57. The Morgan fingerprint density at radius 1 is 1.50 bits per heavy atom. The van der Waals surface area contributed by atoms with Gasteiger partial charge < -0.3 is 10.2 Å². The van der Waals surface area contributed by atoms with E-state index in [1.54, 1.807) is 0 Å². The quantitative estimate of drug-likeness (QED) is 0.623. The van der Waals surface area contributed by atoms with E-state index in [-0.39, 0.29) is 0 Å². The van der Waals surface area contributed by atoms with Crippen LogP contribution in [0, 0.1) is 0 Å². The Bertz CT molecular complexity index is 742. The van der Waals surface area contributed by atoms with Crippen LogP contribution in [0.25, 0.3) is 0 Å². The largest absolute Gasteiger partial charge is 0.352 e. The Morgan fingerprint density at radius 2 is 2.33 bits per heavy atom. The van der Waals surface area contributed by atoms with Crippen LogP contribution in [0.5, 0.6) is 0 Å². The maximum Gasteiger partial charge on any atom is 0.193 e. The van der Waals surface area contributed by atoms with Gasteiger partial charge in [0.05, 0.1) is 6.20 Å². The number of hydrogen-bond donors (Lipinski definition) is 1. The molecule has 0 amide bonds. The lowest BCUT2D eigenvalue weighted by molar-refractivity contribution is 0.486. The van der Waals surface area contributed by atoms with Gasteiger partial charge in [0.25, 0.3) is 0 Å². The minimum atomic E-state index is 0.508. The van der Waals surface area contributed by atoms with E-state index in [0.29, 0.717) is 12.5 Å². The SMILES string of the molecule is CN=C(NCc1ccc(Br)cc1Cl)N1CCC(c2cnn(C)c2)C1. The highest BCUT2D eigenvalue weighted by Crippen LogP contribution is 2.27. The van der Waals surface area contributed by atoms with Crippen molar-refractivity contribution < 1.29 is 0 Å². The van der Waals surface area contributed by atoms with Crippen molar-refractivity contribution in [3.8, 4) is 0 Å². The van der Waals surface area contributed by atoms with E-state index in [1.807, 2.05) is 43.2 Å². The minimum Gasteiger partial charge on any atom is -0.352 e. The van der Waals surface area contributed by atoms with Gasteiger partial charge in [-0.3, -0.25) is 9.67 Å². The van der Waals surface area contributed by atoms with Crippen molar-refractivity contribution in [2.24, 2.45) is 12.0 Å². The maximum atomic E-state index is 6.29. The first-order valence-corrected chi connectivity index (χ1v) is 9.12. The number of hydrogen-bond acceptors (Lipinski definition) is 2. The van der Waals surface area contributed by atoms with E-state index in [1.165, 1.54) is 5.56 Å². The van der Waals surface area contributed by atoms with E-state index in [9.17, 15) is 0 Å². The molecular formula is C17H21BrClN5. The molecule has 7 heteroatoms. The average molecular weight is 411 g/mol. The lowest BCUT2D eigenvalue weighted by Gasteiger charge is -2.22. The van der Waals surface area contributed by atoms with Crippen LogP contribution in [-0.4, -0.2) is 40.8 Å². The van der Waals surface area contributed by atoms with Crippen molar-refractivity contribution >= 4 is 33.5 Å². The number of nitrogens with one attached hydrogen (secondary N) is 1. The van der Waals surface area contributed by atoms with Crippen LogP contribution < -0.4 is 5.32 Å². The number of likely N-dealkylation sites (tertiary alicyclic amines) is 1. The predicted molar refractivity (Wildman–Crippen MR) is 101 cm³/mol. The lowest BCUT2D eigenvalue weighted by atomic mass is 10.0. The molecule has 1 aliphatic rings. The summed E-state index contributed by atoms with van der Waals surface area (Å²) in [6.07, 6.45) is 5.18. The highest BCUT2D eigenvalue weighted by atomic mass is 79.9. The van der Waals surface area contributed by atoms with Gasteiger partial charge in [0.15, 0.2) is 5.96 Å². The van der Waals surface area contributed by atoms with Gasteiger partial charge in [0.1, 0.15) is 0 Å². The molecule has 1 aromatic heterocycles. The number of aliphatic imine (C=N–C) groups is 1. The van der Waals surface area contributed by atoms with Crippen molar-refractivity contribution in [2.45, 2.75) is 18.9 Å². The number of nitrogens with zero attached hydrogens (tertiary/aromatic N) is 4. The number of aromatic nitrogens is 2. The third-order valence-electron chi connectivity index (χ3n) is 4.35. The van der Waals surface area contributed by atoms with Gasteiger partial charge in [0.2, 0.25) is 0 Å². The summed E-state index contributed by atoms with van der Waals surface area (Å²) in [7, 11) is 3.78. The van der Waals surface area contributed by atoms with Crippen molar-refractivity contribution in [2.75, 3.05) is 20.1 Å². The predicted octanol–water partition coefficient (Wildman–Crippen LogP) is 3.40. The summed E-state index contributed by atoms with van der Waals surface area (Å²) in [6, 6.07) is 5.94. The number of benzene rings is 1. The summed E-state index contributed by atoms with van der Waals surface area (Å²) in [6.45, 7) is 2.61. The first-order chi connectivity index (χ1) is 11.6. The number of guanidine groups is 1. The van der Waals surface area contributed by atoms with E-state index >= 15 is 0 Å². The van der Waals surface area contributed by atoms with Gasteiger partial charge in [0, 0.05) is 55.3 Å². The van der Waals surface area contributed by atoms with Crippen LogP contribution in [0.2, 0.25) is 5.02 Å². The fourth-order valence-corrected chi connectivity index (χ4v) is 3.79. The third kappa shape index (κ3) is 3.92. The Kier molecular flexibility index (Phi) is 5.46. The Balaban J connectivity index is 1.61. The van der Waals surface area contributed by atoms with Crippen LogP contribution >= 0.6 is 27.5 Å². The molecule has 0 radical (unpaired) electrons. The molecule has 1 unspecified atom stereocenters. The van der Waals surface area contributed by atoms with Crippen LogP contribution in [0.15, 0.2) is 40.1 Å². The molecule has 3 rings (SSSR count). The van der Waals surface area contributed by atoms with E-state index in [4.69, 9.17) is 11.6 Å². The third-order valence-corrected chi connectivity index (χ3v) is 5.19. The van der Waals surface area contributed by atoms with Crippen molar-refractivity contribution in [1.29, 1.82) is 0 Å². The van der Waals surface area contributed by atoms with Crippen molar-refractivity contribution in [1.82, 2.24) is 20.0 Å². The number of rotatable bonds is 3. The zero-order chi connectivity index (χ0) is 17.1. The van der Waals surface area contributed by atoms with Crippen molar-refractivity contribution in [3.63, 3.8) is 0 Å². The molecule has 2 aromatic rings. The first-order valence-electron chi connectivity index (χ1n) is 7.95. The molecule has 0 bridgehead atoms. The number of aryl methyl sites for hydroxylation is 1. The van der Waals surface area contributed by atoms with Gasteiger partial charge >= 0.3 is 0 Å². The second-order valence-electron chi connectivity index (χ2n) is 6.02. The Hall–Kier alpha value is -1.53. The molecule has 1 saturated heterocycles. The molecule has 5 nitrogen and oxygen atoms in total. The zero-order valence-electron chi connectivity index (χ0n) is 13.8. The van der Waals surface area contributed by atoms with E-state index in [0.717, 1.165) is 40.5 Å². The molecule has 1 fully saturated rings. The maximum absolute atomic E-state index is 6.29. The topological polar surface area (TPSA) is 45.5 Å². The number of halogens is 2. The fourth-order valence-electron chi connectivity index (χ4n) is 3.05. The minimum absolute atomic E-state index is 0.508. The molecular weight excluding hydrogens is 390 g/mol. The smallest absolute Gasteiger partial charge is 0.193 e. The molecule has 0 spiro atoms. The molecule has 1 aromatic carbocycles. The Morgan fingerprint density at radius 3 is 3.00 bits per heavy atom. The summed E-state index contributed by atoms with van der Waals surface area (Å²) in [5.74, 6) is 1.42. The molecule has 0 saturated carbocycles. The molecule has 1 aliphatic heterocycles. The van der Waals surface area contributed by atoms with Crippen LogP contribution in [-0.2, 0) is 13.6 Å². The van der Waals surface area contributed by atoms with E-state index in [2.05, 4.69) is 42.4 Å². The van der Waals surface area contributed by atoms with Gasteiger partial charge in [-0.1, -0.05) is 33.6 Å². The van der Waals surface area contributed by atoms with Crippen molar-refractivity contribution in [3.05, 3.63) is 51.2 Å². The standard InChI is InChI=1S/C17H21BrClN5/c1-20-17(21-8-12-3-4-15(18)7-16(12)19)24-6-5-13(11-24)14-9-22-23(2)10-14/h3-4,7,9-10,13H,5-6,8,11H2,1-2H3,(H,20,21). The summed E-state index contributed by atoms with van der Waals surface area (Å²) in [5.41, 5.74) is 2.36. The Labute approximate surface area is 155 Å². The summed E-state index contributed by atoms with van der Waals surface area (Å²) in [4.78, 5) is 6.72. The van der Waals surface area contributed by atoms with Crippen LogP contribution in [0.1, 0.15) is 23.5 Å². The van der Waals surface area contributed by atoms with E-state index < -0.39 is 0 Å². The highest BCUT2D eigenvalue weighted by Gasteiger charge is 2.26. The molecule has 1 atom stereocenters. The van der Waals surface area contributed by atoms with Gasteiger partial charge in [-0.25, -0.2) is 0 Å². The lowest BCUT2D eigenvalue weighted by Crippen LogP contribution is -2.39. The molecule has 2 heterocycles. The van der Waals surface area contributed by atoms with Crippen LogP contribution in [0.3, 0.4) is 0 Å². The van der Waals surface area contributed by atoms with Crippen LogP contribution in [0.4, 0.5) is 0 Å². The molecule has 1 N–H and O–H groups in total.